The maximum atomic E-state index is 13.3. The van der Waals surface area contributed by atoms with Gasteiger partial charge in [0.25, 0.3) is 0 Å². The molecule has 0 saturated carbocycles. The quantitative estimate of drug-likeness (QED) is 0.328. The van der Waals surface area contributed by atoms with Gasteiger partial charge in [-0.25, -0.2) is 16.8 Å². The minimum Gasteiger partial charge on any atom is -0.298 e. The number of hydrogen-bond acceptors (Lipinski definition) is 6. The second kappa shape index (κ2) is 10.6. The topological polar surface area (TPSA) is 84.4 Å². The first-order valence-electron chi connectivity index (χ1n) is 10.8. The first-order valence-corrected chi connectivity index (χ1v) is 15.3. The number of pyridine rings is 1. The summed E-state index contributed by atoms with van der Waals surface area (Å²) in [7, 11) is -7.51. The van der Waals surface area contributed by atoms with E-state index in [2.05, 4.69) is 25.8 Å². The number of aromatic nitrogens is 1. The van der Waals surface area contributed by atoms with E-state index in [9.17, 15) is 16.8 Å². The first-order chi connectivity index (χ1) is 15.8. The van der Waals surface area contributed by atoms with Gasteiger partial charge >= 0.3 is 0 Å². The molecule has 0 saturated heterocycles. The lowest BCUT2D eigenvalue weighted by molar-refractivity contribution is 0.186. The van der Waals surface area contributed by atoms with Crippen LogP contribution < -0.4 is 0 Å². The van der Waals surface area contributed by atoms with Crippen molar-refractivity contribution in [2.75, 3.05) is 12.3 Å². The summed E-state index contributed by atoms with van der Waals surface area (Å²) in [5, 5.41) is 0.859. The van der Waals surface area contributed by atoms with Gasteiger partial charge in [-0.15, -0.1) is 0 Å². The highest BCUT2D eigenvalue weighted by Crippen LogP contribution is 2.30. The second-order valence-electron chi connectivity index (χ2n) is 8.78. The summed E-state index contributed by atoms with van der Waals surface area (Å²) >= 11 is 9.59. The molecule has 0 aliphatic rings. The van der Waals surface area contributed by atoms with Crippen LogP contribution in [0.5, 0.6) is 0 Å². The summed E-state index contributed by atoms with van der Waals surface area (Å²) < 4.78 is 53.5. The van der Waals surface area contributed by atoms with Crippen molar-refractivity contribution in [3.05, 3.63) is 63.7 Å². The highest BCUT2D eigenvalue weighted by molar-refractivity contribution is 9.10. The van der Waals surface area contributed by atoms with E-state index in [0.29, 0.717) is 27.5 Å². The van der Waals surface area contributed by atoms with Crippen LogP contribution in [0.25, 0.3) is 10.9 Å². The zero-order valence-electron chi connectivity index (χ0n) is 19.5. The monoisotopic (exact) mass is 586 g/mol. The standard InChI is InChI=1S/C24H28BrClN2O4S2/c1-16(2)28(17(3)4)8-9-33(29,30)22-11-18(10-21(26)14-22)15-34(31,32)23-13-20(25)12-19-6-5-7-27-24(19)23/h5-7,10-14,16-17H,8-9,15H2,1-4H3. The van der Waals surface area contributed by atoms with Crippen molar-refractivity contribution in [3.8, 4) is 0 Å². The number of benzene rings is 2. The fourth-order valence-corrected chi connectivity index (χ4v) is 7.80. The second-order valence-corrected chi connectivity index (χ2v) is 14.2. The molecule has 10 heteroatoms. The van der Waals surface area contributed by atoms with Gasteiger partial charge < -0.3 is 0 Å². The van der Waals surface area contributed by atoms with E-state index in [-0.39, 0.29) is 32.7 Å². The third-order valence-corrected chi connectivity index (χ3v) is 9.61. The largest absolute Gasteiger partial charge is 0.298 e. The van der Waals surface area contributed by atoms with Crippen LogP contribution in [0.2, 0.25) is 5.02 Å². The van der Waals surface area contributed by atoms with E-state index in [4.69, 9.17) is 11.6 Å². The molecule has 0 atom stereocenters. The molecule has 1 heterocycles. The molecule has 0 unspecified atom stereocenters. The maximum Gasteiger partial charge on any atom is 0.184 e. The van der Waals surface area contributed by atoms with Gasteiger partial charge in [0, 0.05) is 39.7 Å². The molecule has 0 spiro atoms. The highest BCUT2D eigenvalue weighted by Gasteiger charge is 2.24. The number of halogens is 2. The van der Waals surface area contributed by atoms with Gasteiger partial charge in [0.15, 0.2) is 19.7 Å². The number of nitrogens with zero attached hydrogens (tertiary/aromatic N) is 2. The summed E-state index contributed by atoms with van der Waals surface area (Å²) in [6, 6.07) is 11.5. The van der Waals surface area contributed by atoms with Crippen LogP contribution in [0.3, 0.4) is 0 Å². The number of rotatable bonds is 9. The molecule has 0 amide bonds. The van der Waals surface area contributed by atoms with Gasteiger partial charge in [0.1, 0.15) is 0 Å². The van der Waals surface area contributed by atoms with Gasteiger partial charge in [0.05, 0.1) is 26.8 Å². The van der Waals surface area contributed by atoms with E-state index in [1.54, 1.807) is 18.2 Å². The lowest BCUT2D eigenvalue weighted by Gasteiger charge is -2.30. The van der Waals surface area contributed by atoms with Gasteiger partial charge in [-0.05, 0) is 69.7 Å². The van der Waals surface area contributed by atoms with Crippen LogP contribution in [0.4, 0.5) is 0 Å². The molecule has 0 fully saturated rings. The molecule has 184 valence electrons. The zero-order chi connectivity index (χ0) is 25.3. The molecular weight excluding hydrogens is 560 g/mol. The average Bonchev–Trinajstić information content (AvgIpc) is 2.71. The molecule has 0 radical (unpaired) electrons. The third kappa shape index (κ3) is 6.37. The van der Waals surface area contributed by atoms with Crippen molar-refractivity contribution in [3.63, 3.8) is 0 Å². The van der Waals surface area contributed by atoms with Crippen LogP contribution in [0, 0.1) is 0 Å². The first kappa shape index (κ1) is 27.1. The Bertz CT molecular complexity index is 1400. The lowest BCUT2D eigenvalue weighted by Crippen LogP contribution is -2.40. The van der Waals surface area contributed by atoms with Crippen LogP contribution in [-0.2, 0) is 25.4 Å². The summed E-state index contributed by atoms with van der Waals surface area (Å²) in [5.41, 5.74) is 0.669. The normalized spacial score (nSPS) is 12.9. The van der Waals surface area contributed by atoms with Crippen molar-refractivity contribution in [2.45, 2.75) is 55.3 Å². The van der Waals surface area contributed by atoms with Crippen LogP contribution in [0.1, 0.15) is 33.3 Å². The Morgan fingerprint density at radius 2 is 1.65 bits per heavy atom. The van der Waals surface area contributed by atoms with Gasteiger partial charge in [-0.2, -0.15) is 0 Å². The minimum absolute atomic E-state index is 0.0230. The van der Waals surface area contributed by atoms with Crippen LogP contribution in [0.15, 0.2) is 62.9 Å². The van der Waals surface area contributed by atoms with Gasteiger partial charge in [-0.3, -0.25) is 9.88 Å². The van der Waals surface area contributed by atoms with Crippen molar-refractivity contribution < 1.29 is 16.8 Å². The average molecular weight is 588 g/mol. The van der Waals surface area contributed by atoms with E-state index < -0.39 is 25.4 Å². The van der Waals surface area contributed by atoms with E-state index in [1.165, 1.54) is 30.5 Å². The summed E-state index contributed by atoms with van der Waals surface area (Å²) in [6.07, 6.45) is 1.54. The predicted octanol–water partition coefficient (Wildman–Crippen LogP) is 5.52. The van der Waals surface area contributed by atoms with Crippen LogP contribution in [-0.4, -0.2) is 51.1 Å². The minimum atomic E-state index is -3.84. The summed E-state index contributed by atoms with van der Waals surface area (Å²) in [5.74, 6) is -0.488. The van der Waals surface area contributed by atoms with Crippen molar-refractivity contribution in [1.82, 2.24) is 9.88 Å². The fraction of sp³-hybridized carbons (Fsp3) is 0.375. The van der Waals surface area contributed by atoms with Crippen molar-refractivity contribution in [2.24, 2.45) is 0 Å². The van der Waals surface area contributed by atoms with Crippen molar-refractivity contribution >= 4 is 58.1 Å². The van der Waals surface area contributed by atoms with Crippen LogP contribution >= 0.6 is 27.5 Å². The van der Waals surface area contributed by atoms with E-state index in [0.717, 1.165) is 0 Å². The number of sulfone groups is 2. The smallest absolute Gasteiger partial charge is 0.184 e. The predicted molar refractivity (Wildman–Crippen MR) is 141 cm³/mol. The Balaban J connectivity index is 1.94. The molecule has 0 aliphatic carbocycles. The third-order valence-electron chi connectivity index (χ3n) is 5.56. The van der Waals surface area contributed by atoms with Gasteiger partial charge in [-0.1, -0.05) is 33.6 Å². The molecular formula is C24H28BrClN2O4S2. The molecule has 3 aromatic rings. The lowest BCUT2D eigenvalue weighted by atomic mass is 10.2. The Kier molecular flexibility index (Phi) is 8.46. The summed E-state index contributed by atoms with van der Waals surface area (Å²) in [6.45, 7) is 8.46. The maximum absolute atomic E-state index is 13.3. The number of hydrogen-bond donors (Lipinski definition) is 0. The molecule has 2 aromatic carbocycles. The van der Waals surface area contributed by atoms with E-state index in [1.807, 2.05) is 27.7 Å². The van der Waals surface area contributed by atoms with Gasteiger partial charge in [0.2, 0.25) is 0 Å². The molecule has 3 rings (SSSR count). The number of fused-ring (bicyclic) bond motifs is 1. The molecule has 1 aromatic heterocycles. The molecule has 0 N–H and O–H groups in total. The fourth-order valence-electron chi connectivity index (χ4n) is 4.00. The Morgan fingerprint density at radius 3 is 2.29 bits per heavy atom. The Hall–Kier alpha value is -1.52. The highest BCUT2D eigenvalue weighted by atomic mass is 79.9. The molecule has 0 bridgehead atoms. The molecule has 34 heavy (non-hydrogen) atoms. The van der Waals surface area contributed by atoms with Crippen molar-refractivity contribution in [1.29, 1.82) is 0 Å². The molecule has 6 nitrogen and oxygen atoms in total. The molecule has 0 aliphatic heterocycles. The SMILES string of the molecule is CC(C)N(CCS(=O)(=O)c1cc(Cl)cc(CS(=O)(=O)c2cc(Br)cc3cccnc23)c1)C(C)C. The Labute approximate surface area is 215 Å². The van der Waals surface area contributed by atoms with E-state index >= 15 is 0 Å². The zero-order valence-corrected chi connectivity index (χ0v) is 23.5. The summed E-state index contributed by atoms with van der Waals surface area (Å²) in [4.78, 5) is 6.44. The Morgan fingerprint density at radius 1 is 0.971 bits per heavy atom.